The highest BCUT2D eigenvalue weighted by Crippen LogP contribution is 2.32. The van der Waals surface area contributed by atoms with Crippen molar-refractivity contribution in [2.45, 2.75) is 13.8 Å². The van der Waals surface area contributed by atoms with Crippen molar-refractivity contribution >= 4 is 57.4 Å². The highest BCUT2D eigenvalue weighted by Gasteiger charge is 2.39. The summed E-state index contributed by atoms with van der Waals surface area (Å²) < 4.78 is 1.09. The third-order valence-corrected chi connectivity index (χ3v) is 4.85. The number of imide groups is 1. The lowest BCUT2D eigenvalue weighted by atomic mass is 10.2. The highest BCUT2D eigenvalue weighted by molar-refractivity contribution is 14.1. The number of para-hydroxylation sites is 1. The lowest BCUT2D eigenvalue weighted by Crippen LogP contribution is -2.32. The Morgan fingerprint density at radius 3 is 2.38 bits per heavy atom. The Kier molecular flexibility index (Phi) is 4.64. The molecule has 2 aromatic rings. The van der Waals surface area contributed by atoms with Crippen molar-refractivity contribution in [2.24, 2.45) is 0 Å². The summed E-state index contributed by atoms with van der Waals surface area (Å²) in [7, 11) is 0. The molecule has 6 heteroatoms. The van der Waals surface area contributed by atoms with Crippen molar-refractivity contribution in [1.29, 1.82) is 0 Å². The monoisotopic (exact) mass is 452 g/mol. The van der Waals surface area contributed by atoms with Crippen LogP contribution >= 0.6 is 34.2 Å². The Morgan fingerprint density at radius 1 is 1.00 bits per heavy atom. The number of hydrogen-bond donors (Lipinski definition) is 1. The Labute approximate surface area is 158 Å². The van der Waals surface area contributed by atoms with Crippen LogP contribution in [0.25, 0.3) is 0 Å². The van der Waals surface area contributed by atoms with E-state index in [9.17, 15) is 9.59 Å². The lowest BCUT2D eigenvalue weighted by Gasteiger charge is -2.17. The van der Waals surface area contributed by atoms with Crippen LogP contribution in [0, 0.1) is 17.4 Å². The molecule has 0 atom stereocenters. The van der Waals surface area contributed by atoms with Crippen LogP contribution in [-0.2, 0) is 9.59 Å². The van der Waals surface area contributed by atoms with E-state index in [1.807, 2.05) is 44.2 Å². The maximum Gasteiger partial charge on any atom is 0.283 e. The van der Waals surface area contributed by atoms with Gasteiger partial charge >= 0.3 is 0 Å². The van der Waals surface area contributed by atoms with Gasteiger partial charge in [-0.3, -0.25) is 9.59 Å². The van der Waals surface area contributed by atoms with Gasteiger partial charge in [0.15, 0.2) is 0 Å². The molecule has 122 valence electrons. The molecule has 1 aliphatic heterocycles. The molecule has 0 unspecified atom stereocenters. The van der Waals surface area contributed by atoms with Crippen molar-refractivity contribution in [3.63, 3.8) is 0 Å². The van der Waals surface area contributed by atoms with Crippen molar-refractivity contribution in [2.75, 3.05) is 10.2 Å². The highest BCUT2D eigenvalue weighted by atomic mass is 127. The summed E-state index contributed by atoms with van der Waals surface area (Å²) in [4.78, 5) is 26.4. The second kappa shape index (κ2) is 6.57. The topological polar surface area (TPSA) is 49.4 Å². The van der Waals surface area contributed by atoms with Crippen LogP contribution in [0.4, 0.5) is 11.4 Å². The predicted octanol–water partition coefficient (Wildman–Crippen LogP) is 4.34. The van der Waals surface area contributed by atoms with Crippen LogP contribution < -0.4 is 10.2 Å². The van der Waals surface area contributed by atoms with E-state index in [0.29, 0.717) is 5.69 Å². The molecule has 0 radical (unpaired) electrons. The second-order valence-electron chi connectivity index (χ2n) is 5.51. The first kappa shape index (κ1) is 17.0. The molecule has 1 N–H and O–H groups in total. The van der Waals surface area contributed by atoms with Gasteiger partial charge in [-0.1, -0.05) is 29.8 Å². The Bertz CT molecular complexity index is 892. The number of carbonyl (C=O) groups is 2. The van der Waals surface area contributed by atoms with E-state index in [-0.39, 0.29) is 10.7 Å². The smallest absolute Gasteiger partial charge is 0.283 e. The summed E-state index contributed by atoms with van der Waals surface area (Å²) >= 11 is 8.38. The molecule has 0 aromatic heterocycles. The van der Waals surface area contributed by atoms with E-state index >= 15 is 0 Å². The van der Waals surface area contributed by atoms with Crippen LogP contribution in [0.5, 0.6) is 0 Å². The Morgan fingerprint density at radius 2 is 1.71 bits per heavy atom. The van der Waals surface area contributed by atoms with Gasteiger partial charge < -0.3 is 5.32 Å². The van der Waals surface area contributed by atoms with E-state index < -0.39 is 11.8 Å². The van der Waals surface area contributed by atoms with E-state index in [2.05, 4.69) is 27.9 Å². The molecule has 4 nitrogen and oxygen atoms in total. The molecular formula is C18H14ClIN2O2. The molecule has 2 aromatic carbocycles. The fourth-order valence-corrected chi connectivity index (χ4v) is 3.41. The van der Waals surface area contributed by atoms with Gasteiger partial charge in [0, 0.05) is 9.26 Å². The van der Waals surface area contributed by atoms with Crippen LogP contribution in [0.1, 0.15) is 11.1 Å². The maximum absolute atomic E-state index is 12.8. The zero-order valence-corrected chi connectivity index (χ0v) is 16.0. The average molecular weight is 453 g/mol. The van der Waals surface area contributed by atoms with E-state index in [4.69, 9.17) is 11.6 Å². The first-order valence-corrected chi connectivity index (χ1v) is 8.73. The van der Waals surface area contributed by atoms with E-state index in [1.54, 1.807) is 12.1 Å². The summed E-state index contributed by atoms with van der Waals surface area (Å²) in [5, 5.41) is 2.92. The van der Waals surface area contributed by atoms with Gasteiger partial charge in [-0.15, -0.1) is 0 Å². The number of nitrogens with zero attached hydrogens (tertiary/aromatic N) is 1. The molecule has 0 saturated heterocycles. The molecule has 0 aliphatic carbocycles. The quantitative estimate of drug-likeness (QED) is 0.557. The van der Waals surface area contributed by atoms with Gasteiger partial charge in [-0.05, 0) is 71.8 Å². The minimum atomic E-state index is -0.512. The fraction of sp³-hybridized carbons (Fsp3) is 0.111. The minimum Gasteiger partial charge on any atom is -0.349 e. The molecule has 3 rings (SSSR count). The van der Waals surface area contributed by atoms with Gasteiger partial charge in [-0.2, -0.15) is 0 Å². The third-order valence-electron chi connectivity index (χ3n) is 3.83. The number of aryl methyl sites for hydroxylation is 2. The largest absolute Gasteiger partial charge is 0.349 e. The Hall–Kier alpha value is -1.86. The third kappa shape index (κ3) is 2.93. The molecule has 0 spiro atoms. The summed E-state index contributed by atoms with van der Waals surface area (Å²) in [6.45, 7) is 3.78. The summed E-state index contributed by atoms with van der Waals surface area (Å²) in [6, 6.07) is 13.0. The molecule has 0 fully saturated rings. The number of anilines is 2. The summed E-state index contributed by atoms with van der Waals surface area (Å²) in [5.41, 5.74) is 3.19. The zero-order chi connectivity index (χ0) is 17.4. The van der Waals surface area contributed by atoms with Gasteiger partial charge in [-0.25, -0.2) is 4.90 Å². The van der Waals surface area contributed by atoms with E-state index in [0.717, 1.165) is 25.3 Å². The van der Waals surface area contributed by atoms with Gasteiger partial charge in [0.1, 0.15) is 10.7 Å². The summed E-state index contributed by atoms with van der Waals surface area (Å²) in [5.74, 6) is -0.959. The minimum absolute atomic E-state index is 0.0961. The molecular weight excluding hydrogens is 439 g/mol. The van der Waals surface area contributed by atoms with Crippen molar-refractivity contribution < 1.29 is 9.59 Å². The molecule has 1 aliphatic rings. The maximum atomic E-state index is 12.8. The van der Waals surface area contributed by atoms with Crippen LogP contribution in [0.2, 0.25) is 0 Å². The zero-order valence-electron chi connectivity index (χ0n) is 13.1. The predicted molar refractivity (Wildman–Crippen MR) is 104 cm³/mol. The number of rotatable bonds is 3. The standard InChI is InChI=1S/C18H14ClIN2O2/c1-10-5-3-4-6-14(10)22-17(23)15(19)16(18(22)24)21-13-8-7-12(20)9-11(13)2/h3-9,21H,1-2H3. The number of nitrogens with one attached hydrogen (secondary N) is 1. The Balaban J connectivity index is 1.96. The average Bonchev–Trinajstić information content (AvgIpc) is 2.74. The number of halogens is 2. The van der Waals surface area contributed by atoms with Gasteiger partial charge in [0.25, 0.3) is 11.8 Å². The van der Waals surface area contributed by atoms with E-state index in [1.165, 1.54) is 0 Å². The fourth-order valence-electron chi connectivity index (χ4n) is 2.55. The van der Waals surface area contributed by atoms with Crippen molar-refractivity contribution in [3.05, 3.63) is 67.9 Å². The second-order valence-corrected chi connectivity index (χ2v) is 7.13. The molecule has 0 saturated carbocycles. The SMILES string of the molecule is Cc1cc(I)ccc1NC1=C(Cl)C(=O)N(c2ccccc2C)C1=O. The van der Waals surface area contributed by atoms with Crippen molar-refractivity contribution in [3.8, 4) is 0 Å². The first-order valence-electron chi connectivity index (χ1n) is 7.27. The number of carbonyl (C=O) groups excluding carboxylic acids is 2. The normalized spacial score (nSPS) is 14.6. The summed E-state index contributed by atoms with van der Waals surface area (Å²) in [6.07, 6.45) is 0. The molecule has 0 bridgehead atoms. The van der Waals surface area contributed by atoms with Crippen molar-refractivity contribution in [1.82, 2.24) is 0 Å². The molecule has 2 amide bonds. The number of benzene rings is 2. The van der Waals surface area contributed by atoms with Crippen LogP contribution in [0.15, 0.2) is 53.2 Å². The first-order chi connectivity index (χ1) is 11.4. The molecule has 24 heavy (non-hydrogen) atoms. The number of hydrogen-bond acceptors (Lipinski definition) is 3. The van der Waals surface area contributed by atoms with Crippen LogP contribution in [-0.4, -0.2) is 11.8 Å². The van der Waals surface area contributed by atoms with Crippen LogP contribution in [0.3, 0.4) is 0 Å². The van der Waals surface area contributed by atoms with Gasteiger partial charge in [0.05, 0.1) is 5.69 Å². The van der Waals surface area contributed by atoms with Gasteiger partial charge in [0.2, 0.25) is 0 Å². The molecule has 1 heterocycles. The lowest BCUT2D eigenvalue weighted by molar-refractivity contribution is -0.120. The number of amides is 2.